The van der Waals surface area contributed by atoms with Crippen molar-refractivity contribution in [3.63, 3.8) is 0 Å². The van der Waals surface area contributed by atoms with Crippen LogP contribution in [0.3, 0.4) is 0 Å². The molecule has 0 saturated heterocycles. The zero-order valence-corrected chi connectivity index (χ0v) is 10.6. The Morgan fingerprint density at radius 3 is 1.61 bits per heavy atom. The van der Waals surface area contributed by atoms with E-state index in [9.17, 15) is 39.5 Å². The molecule has 126 valence electrons. The maximum Gasteiger partial charge on any atom is 0.453 e. The third-order valence-corrected chi connectivity index (χ3v) is 2.72. The highest BCUT2D eigenvalue weighted by Crippen LogP contribution is 2.45. The number of hydrogen-bond donors (Lipinski definition) is 0. The smallest absolute Gasteiger partial charge is 0.350 e. The lowest BCUT2D eigenvalue weighted by Crippen LogP contribution is -2.15. The standard InChI is InChI=1S/C12H4F9NO/c13-10(14,15)6-3-1-5(2-4-6)8-7(11(16,17)18)9(23-22-8)12(19,20)21/h1-4H. The van der Waals surface area contributed by atoms with Crippen LogP contribution in [0, 0.1) is 0 Å². The molecular formula is C12H4F9NO. The van der Waals surface area contributed by atoms with Crippen LogP contribution in [0.1, 0.15) is 16.9 Å². The van der Waals surface area contributed by atoms with E-state index in [2.05, 4.69) is 9.68 Å². The van der Waals surface area contributed by atoms with Gasteiger partial charge in [-0.25, -0.2) is 0 Å². The Morgan fingerprint density at radius 1 is 0.696 bits per heavy atom. The topological polar surface area (TPSA) is 26.0 Å². The number of aromatic nitrogens is 1. The third-order valence-electron chi connectivity index (χ3n) is 2.72. The highest BCUT2D eigenvalue weighted by molar-refractivity contribution is 5.65. The van der Waals surface area contributed by atoms with E-state index >= 15 is 0 Å². The van der Waals surface area contributed by atoms with Gasteiger partial charge in [-0.3, -0.25) is 0 Å². The van der Waals surface area contributed by atoms with Crippen molar-refractivity contribution in [3.8, 4) is 11.3 Å². The van der Waals surface area contributed by atoms with E-state index in [1.54, 1.807) is 0 Å². The van der Waals surface area contributed by atoms with Gasteiger partial charge in [0.2, 0.25) is 0 Å². The van der Waals surface area contributed by atoms with Gasteiger partial charge in [-0.15, -0.1) is 0 Å². The normalized spacial score (nSPS) is 13.4. The van der Waals surface area contributed by atoms with Gasteiger partial charge in [-0.1, -0.05) is 17.3 Å². The summed E-state index contributed by atoms with van der Waals surface area (Å²) in [6.45, 7) is 0. The first-order chi connectivity index (χ1) is 10.3. The predicted molar refractivity (Wildman–Crippen MR) is 56.9 cm³/mol. The van der Waals surface area contributed by atoms with E-state index in [-0.39, 0.29) is 0 Å². The second-order valence-electron chi connectivity index (χ2n) is 4.31. The molecule has 23 heavy (non-hydrogen) atoms. The van der Waals surface area contributed by atoms with Gasteiger partial charge in [-0.05, 0) is 12.1 Å². The van der Waals surface area contributed by atoms with Crippen LogP contribution >= 0.6 is 0 Å². The lowest BCUT2D eigenvalue weighted by molar-refractivity contribution is -0.173. The minimum absolute atomic E-state index is 0.428. The zero-order valence-electron chi connectivity index (χ0n) is 10.6. The number of halogens is 9. The molecule has 0 bridgehead atoms. The average Bonchev–Trinajstić information content (AvgIpc) is 2.82. The van der Waals surface area contributed by atoms with E-state index in [4.69, 9.17) is 0 Å². The molecule has 0 aliphatic heterocycles. The van der Waals surface area contributed by atoms with Crippen molar-refractivity contribution >= 4 is 0 Å². The van der Waals surface area contributed by atoms with Crippen molar-refractivity contribution in [3.05, 3.63) is 41.2 Å². The van der Waals surface area contributed by atoms with Gasteiger partial charge in [0.05, 0.1) is 5.56 Å². The van der Waals surface area contributed by atoms with E-state index in [0.29, 0.717) is 24.3 Å². The summed E-state index contributed by atoms with van der Waals surface area (Å²) in [6, 6.07) is 2.01. The molecule has 0 fully saturated rings. The largest absolute Gasteiger partial charge is 0.453 e. The molecule has 11 heteroatoms. The molecule has 0 aliphatic carbocycles. The van der Waals surface area contributed by atoms with Gasteiger partial charge in [0, 0.05) is 5.56 Å². The summed E-state index contributed by atoms with van der Waals surface area (Å²) in [7, 11) is 0. The summed E-state index contributed by atoms with van der Waals surface area (Å²) < 4.78 is 117. The SMILES string of the molecule is FC(F)(F)c1ccc(-c2noc(C(F)(F)F)c2C(F)(F)F)cc1. The van der Waals surface area contributed by atoms with Gasteiger partial charge in [0.15, 0.2) is 0 Å². The Kier molecular flexibility index (Phi) is 3.86. The van der Waals surface area contributed by atoms with Crippen LogP contribution in [0.2, 0.25) is 0 Å². The molecule has 0 saturated carbocycles. The summed E-state index contributed by atoms with van der Waals surface area (Å²) in [5.74, 6) is -2.36. The monoisotopic (exact) mass is 349 g/mol. The third kappa shape index (κ3) is 3.42. The second-order valence-corrected chi connectivity index (χ2v) is 4.31. The Bertz CT molecular complexity index is 691. The van der Waals surface area contributed by atoms with Gasteiger partial charge in [0.1, 0.15) is 11.3 Å². The van der Waals surface area contributed by atoms with Crippen molar-refractivity contribution < 1.29 is 44.0 Å². The van der Waals surface area contributed by atoms with Crippen molar-refractivity contribution in [2.45, 2.75) is 18.5 Å². The Morgan fingerprint density at radius 2 is 1.22 bits per heavy atom. The molecule has 0 radical (unpaired) electrons. The fourth-order valence-corrected chi connectivity index (χ4v) is 1.76. The minimum Gasteiger partial charge on any atom is -0.350 e. The summed E-state index contributed by atoms with van der Waals surface area (Å²) in [5.41, 5.74) is -5.19. The summed E-state index contributed by atoms with van der Waals surface area (Å²) in [5, 5.41) is 2.71. The van der Waals surface area contributed by atoms with Gasteiger partial charge in [-0.2, -0.15) is 39.5 Å². The van der Waals surface area contributed by atoms with E-state index < -0.39 is 46.7 Å². The molecule has 0 unspecified atom stereocenters. The van der Waals surface area contributed by atoms with Crippen LogP contribution in [0.5, 0.6) is 0 Å². The van der Waals surface area contributed by atoms with Crippen LogP contribution in [-0.4, -0.2) is 5.16 Å². The van der Waals surface area contributed by atoms with Crippen LogP contribution in [0.4, 0.5) is 39.5 Å². The lowest BCUT2D eigenvalue weighted by Gasteiger charge is -2.10. The van der Waals surface area contributed by atoms with Crippen LogP contribution < -0.4 is 0 Å². The minimum atomic E-state index is -5.46. The molecule has 0 amide bonds. The molecule has 0 spiro atoms. The number of nitrogens with zero attached hydrogens (tertiary/aromatic N) is 1. The van der Waals surface area contributed by atoms with E-state index in [1.165, 1.54) is 0 Å². The molecule has 0 aliphatic rings. The lowest BCUT2D eigenvalue weighted by atomic mass is 10.0. The highest BCUT2D eigenvalue weighted by Gasteiger charge is 2.50. The fourth-order valence-electron chi connectivity index (χ4n) is 1.76. The van der Waals surface area contributed by atoms with E-state index in [1.807, 2.05) is 0 Å². The van der Waals surface area contributed by atoms with E-state index in [0.717, 1.165) is 0 Å². The molecule has 2 aromatic rings. The summed E-state index contributed by atoms with van der Waals surface area (Å²) in [4.78, 5) is 0. The molecule has 1 aromatic carbocycles. The predicted octanol–water partition coefficient (Wildman–Crippen LogP) is 5.40. The molecule has 1 aromatic heterocycles. The maximum absolute atomic E-state index is 12.8. The van der Waals surface area contributed by atoms with Crippen molar-refractivity contribution in [2.24, 2.45) is 0 Å². The number of hydrogen-bond acceptors (Lipinski definition) is 2. The van der Waals surface area contributed by atoms with Gasteiger partial charge in [0.25, 0.3) is 5.76 Å². The Labute approximate surface area is 121 Å². The van der Waals surface area contributed by atoms with Crippen LogP contribution in [-0.2, 0) is 18.5 Å². The van der Waals surface area contributed by atoms with Gasteiger partial charge < -0.3 is 4.52 Å². The zero-order chi connectivity index (χ0) is 17.6. The Hall–Kier alpha value is -2.20. The maximum atomic E-state index is 12.8. The second kappa shape index (κ2) is 5.17. The number of alkyl halides is 9. The average molecular weight is 349 g/mol. The van der Waals surface area contributed by atoms with Crippen molar-refractivity contribution in [1.29, 1.82) is 0 Å². The Balaban J connectivity index is 2.59. The van der Waals surface area contributed by atoms with Gasteiger partial charge >= 0.3 is 18.5 Å². The van der Waals surface area contributed by atoms with Crippen molar-refractivity contribution in [2.75, 3.05) is 0 Å². The summed E-state index contributed by atoms with van der Waals surface area (Å²) in [6.07, 6.45) is -15.7. The van der Waals surface area contributed by atoms with Crippen molar-refractivity contribution in [1.82, 2.24) is 5.16 Å². The molecule has 2 nitrogen and oxygen atoms in total. The summed E-state index contributed by atoms with van der Waals surface area (Å²) >= 11 is 0. The molecule has 0 atom stereocenters. The molecule has 1 heterocycles. The molecule has 2 rings (SSSR count). The van der Waals surface area contributed by atoms with Crippen LogP contribution in [0.15, 0.2) is 28.8 Å². The molecular weight excluding hydrogens is 345 g/mol. The van der Waals surface area contributed by atoms with Crippen LogP contribution in [0.25, 0.3) is 11.3 Å². The fraction of sp³-hybridized carbons (Fsp3) is 0.250. The first-order valence-corrected chi connectivity index (χ1v) is 5.63. The number of rotatable bonds is 1. The quantitative estimate of drug-likeness (QED) is 0.645. The number of benzene rings is 1. The first-order valence-electron chi connectivity index (χ1n) is 5.63. The molecule has 0 N–H and O–H groups in total. The first kappa shape index (κ1) is 17.2. The highest BCUT2D eigenvalue weighted by atomic mass is 19.4.